The fraction of sp³-hybridized carbons (Fsp3) is 0.231. The summed E-state index contributed by atoms with van der Waals surface area (Å²) in [5.74, 6) is 0.259. The number of carbonyl (C=O) groups is 2. The number of thioether (sulfide) groups is 1. The molecule has 0 fully saturated rings. The SMILES string of the molecule is CNC(=O)CSCc1ccc(/C=C/C(=O)O)cc1. The molecule has 1 rings (SSSR count). The first-order valence-electron chi connectivity index (χ1n) is 5.40. The summed E-state index contributed by atoms with van der Waals surface area (Å²) in [6.07, 6.45) is 2.65. The number of hydrogen-bond donors (Lipinski definition) is 2. The molecule has 0 aliphatic rings. The lowest BCUT2D eigenvalue weighted by Crippen LogP contribution is -2.19. The normalized spacial score (nSPS) is 10.5. The Kier molecular flexibility index (Phi) is 6.00. The number of amides is 1. The van der Waals surface area contributed by atoms with Crippen molar-refractivity contribution in [1.82, 2.24) is 5.32 Å². The second-order valence-electron chi connectivity index (χ2n) is 3.58. The van der Waals surface area contributed by atoms with Crippen LogP contribution in [0, 0.1) is 0 Å². The van der Waals surface area contributed by atoms with Gasteiger partial charge in [-0.05, 0) is 17.2 Å². The molecule has 0 aromatic heterocycles. The van der Waals surface area contributed by atoms with Crippen molar-refractivity contribution in [2.75, 3.05) is 12.8 Å². The monoisotopic (exact) mass is 265 g/mol. The van der Waals surface area contributed by atoms with E-state index in [1.165, 1.54) is 11.8 Å². The molecule has 2 N–H and O–H groups in total. The van der Waals surface area contributed by atoms with E-state index in [2.05, 4.69) is 5.32 Å². The standard InChI is InChI=1S/C13H15NO3S/c1-14-12(15)9-18-8-11-4-2-10(3-5-11)6-7-13(16)17/h2-7H,8-9H2,1H3,(H,14,15)(H,16,17)/b7-6+. The summed E-state index contributed by atoms with van der Waals surface area (Å²) in [4.78, 5) is 21.4. The van der Waals surface area contributed by atoms with Crippen LogP contribution in [-0.2, 0) is 15.3 Å². The Labute approximate surface area is 110 Å². The summed E-state index contributed by atoms with van der Waals surface area (Å²) in [7, 11) is 1.62. The highest BCUT2D eigenvalue weighted by molar-refractivity contribution is 7.99. The number of aliphatic carboxylic acids is 1. The summed E-state index contributed by atoms with van der Waals surface area (Å²) in [5, 5.41) is 11.1. The first-order chi connectivity index (χ1) is 8.61. The first-order valence-corrected chi connectivity index (χ1v) is 6.55. The smallest absolute Gasteiger partial charge is 0.328 e. The van der Waals surface area contributed by atoms with Crippen molar-refractivity contribution in [3.8, 4) is 0 Å². The van der Waals surface area contributed by atoms with Crippen molar-refractivity contribution < 1.29 is 14.7 Å². The highest BCUT2D eigenvalue weighted by Crippen LogP contribution is 2.13. The molecule has 0 unspecified atom stereocenters. The van der Waals surface area contributed by atoms with Crippen LogP contribution in [0.25, 0.3) is 6.08 Å². The predicted octanol–water partition coefficient (Wildman–Crippen LogP) is 1.76. The second kappa shape index (κ2) is 7.55. The van der Waals surface area contributed by atoms with Gasteiger partial charge in [0, 0.05) is 18.9 Å². The Balaban J connectivity index is 2.45. The molecule has 0 saturated carbocycles. The lowest BCUT2D eigenvalue weighted by molar-refractivity contribution is -0.131. The molecule has 0 saturated heterocycles. The molecule has 0 atom stereocenters. The molecular formula is C13H15NO3S. The number of hydrogen-bond acceptors (Lipinski definition) is 3. The molecule has 0 heterocycles. The van der Waals surface area contributed by atoms with E-state index in [-0.39, 0.29) is 5.91 Å². The van der Waals surface area contributed by atoms with Gasteiger partial charge in [0.1, 0.15) is 0 Å². The molecule has 0 aliphatic heterocycles. The van der Waals surface area contributed by atoms with Crippen molar-refractivity contribution in [3.05, 3.63) is 41.5 Å². The molecule has 96 valence electrons. The van der Waals surface area contributed by atoms with Gasteiger partial charge in [0.15, 0.2) is 0 Å². The summed E-state index contributed by atoms with van der Waals surface area (Å²) in [6, 6.07) is 7.57. The maximum Gasteiger partial charge on any atom is 0.328 e. The van der Waals surface area contributed by atoms with E-state index in [1.807, 2.05) is 24.3 Å². The van der Waals surface area contributed by atoms with Crippen LogP contribution in [0.15, 0.2) is 30.3 Å². The van der Waals surface area contributed by atoms with E-state index in [4.69, 9.17) is 5.11 Å². The Morgan fingerprint density at radius 2 is 2.00 bits per heavy atom. The maximum absolute atomic E-state index is 11.0. The number of carboxylic acids is 1. The van der Waals surface area contributed by atoms with Gasteiger partial charge in [0.25, 0.3) is 0 Å². The number of benzene rings is 1. The molecule has 0 aliphatic carbocycles. The summed E-state index contributed by atoms with van der Waals surface area (Å²) in [6.45, 7) is 0. The van der Waals surface area contributed by atoms with Gasteiger partial charge in [-0.15, -0.1) is 11.8 Å². The van der Waals surface area contributed by atoms with Crippen LogP contribution in [0.2, 0.25) is 0 Å². The zero-order valence-electron chi connectivity index (χ0n) is 10.1. The largest absolute Gasteiger partial charge is 0.478 e. The lowest BCUT2D eigenvalue weighted by Gasteiger charge is -2.02. The third kappa shape index (κ3) is 5.54. The molecule has 4 nitrogen and oxygen atoms in total. The molecular weight excluding hydrogens is 250 g/mol. The maximum atomic E-state index is 11.0. The van der Waals surface area contributed by atoms with Crippen molar-refractivity contribution in [1.29, 1.82) is 0 Å². The Hall–Kier alpha value is -1.75. The van der Waals surface area contributed by atoms with Gasteiger partial charge in [0.05, 0.1) is 5.75 Å². The van der Waals surface area contributed by atoms with Crippen LogP contribution in [0.3, 0.4) is 0 Å². The van der Waals surface area contributed by atoms with Crippen molar-refractivity contribution in [2.45, 2.75) is 5.75 Å². The zero-order valence-corrected chi connectivity index (χ0v) is 10.9. The number of rotatable bonds is 6. The number of nitrogens with one attached hydrogen (secondary N) is 1. The van der Waals surface area contributed by atoms with E-state index >= 15 is 0 Å². The lowest BCUT2D eigenvalue weighted by atomic mass is 10.1. The van der Waals surface area contributed by atoms with Gasteiger partial charge < -0.3 is 10.4 Å². The second-order valence-corrected chi connectivity index (χ2v) is 4.56. The Morgan fingerprint density at radius 1 is 1.33 bits per heavy atom. The summed E-state index contributed by atoms with van der Waals surface area (Å²) < 4.78 is 0. The topological polar surface area (TPSA) is 66.4 Å². The van der Waals surface area contributed by atoms with Gasteiger partial charge in [-0.1, -0.05) is 24.3 Å². The molecule has 1 amide bonds. The summed E-state index contributed by atoms with van der Waals surface area (Å²) in [5.41, 5.74) is 1.95. The van der Waals surface area contributed by atoms with E-state index in [0.29, 0.717) is 5.75 Å². The van der Waals surface area contributed by atoms with Crippen LogP contribution >= 0.6 is 11.8 Å². The molecule has 1 aromatic carbocycles. The van der Waals surface area contributed by atoms with Gasteiger partial charge >= 0.3 is 5.97 Å². The fourth-order valence-corrected chi connectivity index (χ4v) is 2.09. The Morgan fingerprint density at radius 3 is 2.56 bits per heavy atom. The van der Waals surface area contributed by atoms with Crippen LogP contribution in [0.5, 0.6) is 0 Å². The quantitative estimate of drug-likeness (QED) is 0.769. The highest BCUT2D eigenvalue weighted by Gasteiger charge is 1.99. The number of carboxylic acid groups (broad SMARTS) is 1. The average Bonchev–Trinajstić information content (AvgIpc) is 2.37. The molecule has 1 aromatic rings. The van der Waals surface area contributed by atoms with Gasteiger partial charge in [0.2, 0.25) is 5.91 Å². The molecule has 18 heavy (non-hydrogen) atoms. The minimum atomic E-state index is -0.958. The third-order valence-corrected chi connectivity index (χ3v) is 3.18. The predicted molar refractivity (Wildman–Crippen MR) is 73.3 cm³/mol. The fourth-order valence-electron chi connectivity index (χ4n) is 1.23. The van der Waals surface area contributed by atoms with Gasteiger partial charge in [-0.2, -0.15) is 0 Å². The first kappa shape index (κ1) is 14.3. The van der Waals surface area contributed by atoms with E-state index in [9.17, 15) is 9.59 Å². The van der Waals surface area contributed by atoms with Crippen molar-refractivity contribution >= 4 is 29.7 Å². The van der Waals surface area contributed by atoms with E-state index in [0.717, 1.165) is 23.0 Å². The van der Waals surface area contributed by atoms with Gasteiger partial charge in [-0.25, -0.2) is 4.79 Å². The van der Waals surface area contributed by atoms with Crippen LogP contribution < -0.4 is 5.32 Å². The third-order valence-electron chi connectivity index (χ3n) is 2.18. The van der Waals surface area contributed by atoms with Crippen LogP contribution in [-0.4, -0.2) is 29.8 Å². The highest BCUT2D eigenvalue weighted by atomic mass is 32.2. The average molecular weight is 265 g/mol. The van der Waals surface area contributed by atoms with E-state index < -0.39 is 5.97 Å². The van der Waals surface area contributed by atoms with Crippen LogP contribution in [0.1, 0.15) is 11.1 Å². The molecule has 5 heteroatoms. The molecule has 0 spiro atoms. The summed E-state index contributed by atoms with van der Waals surface area (Å²) >= 11 is 1.54. The minimum absolute atomic E-state index is 0.0148. The van der Waals surface area contributed by atoms with E-state index in [1.54, 1.807) is 13.1 Å². The minimum Gasteiger partial charge on any atom is -0.478 e. The Bertz CT molecular complexity index is 440. The van der Waals surface area contributed by atoms with Crippen molar-refractivity contribution in [2.24, 2.45) is 0 Å². The zero-order chi connectivity index (χ0) is 13.4. The molecule has 0 bridgehead atoms. The molecule has 0 radical (unpaired) electrons. The van der Waals surface area contributed by atoms with Gasteiger partial charge in [-0.3, -0.25) is 4.79 Å². The van der Waals surface area contributed by atoms with Crippen LogP contribution in [0.4, 0.5) is 0 Å². The number of carbonyl (C=O) groups excluding carboxylic acids is 1. The van der Waals surface area contributed by atoms with Crippen molar-refractivity contribution in [3.63, 3.8) is 0 Å².